The molecule has 0 bridgehead atoms. The Morgan fingerprint density at radius 3 is 1.27 bits per heavy atom. The Morgan fingerprint density at radius 2 is 0.745 bits per heavy atom. The van der Waals surface area contributed by atoms with Crippen molar-refractivity contribution in [1.82, 2.24) is 9.97 Å². The Kier molecular flexibility index (Phi) is 9.38. The van der Waals surface area contributed by atoms with Crippen molar-refractivity contribution in [3.8, 4) is 67.2 Å². The molecule has 0 saturated heterocycles. The molecule has 9 rings (SSSR count). The zero-order valence-electron chi connectivity index (χ0n) is 30.8. The van der Waals surface area contributed by atoms with Gasteiger partial charge in [0.1, 0.15) is 0 Å². The first-order valence-electron chi connectivity index (χ1n) is 19.0. The van der Waals surface area contributed by atoms with Crippen LogP contribution in [0.2, 0.25) is 0 Å². The number of allylic oxidation sites excluding steroid dienone is 4. The van der Waals surface area contributed by atoms with E-state index in [1.807, 2.05) is 6.07 Å². The zero-order chi connectivity index (χ0) is 37.0. The fourth-order valence-corrected chi connectivity index (χ4v) is 7.63. The maximum Gasteiger partial charge on any atom is 0.0715 e. The van der Waals surface area contributed by atoms with Gasteiger partial charge in [-0.25, -0.2) is 9.97 Å². The maximum atomic E-state index is 5.25. The number of aromatic nitrogens is 2. The van der Waals surface area contributed by atoms with E-state index in [0.717, 1.165) is 67.3 Å². The lowest BCUT2D eigenvalue weighted by Gasteiger charge is -2.24. The van der Waals surface area contributed by atoms with E-state index in [1.54, 1.807) is 0 Å². The molecule has 0 N–H and O–H groups in total. The molecular formula is C53H40N2. The third kappa shape index (κ3) is 7.36. The van der Waals surface area contributed by atoms with Gasteiger partial charge in [-0.15, -0.1) is 0 Å². The second-order valence-corrected chi connectivity index (χ2v) is 14.3. The van der Waals surface area contributed by atoms with Crippen LogP contribution in [-0.4, -0.2) is 9.97 Å². The second kappa shape index (κ2) is 15.2. The molecule has 1 aliphatic rings. The summed E-state index contributed by atoms with van der Waals surface area (Å²) >= 11 is 0. The van der Waals surface area contributed by atoms with Gasteiger partial charge in [-0.3, -0.25) is 0 Å². The summed E-state index contributed by atoms with van der Waals surface area (Å²) < 4.78 is 0. The topological polar surface area (TPSA) is 25.8 Å². The molecule has 6 aromatic carbocycles. The summed E-state index contributed by atoms with van der Waals surface area (Å²) in [5, 5.41) is 0. The highest BCUT2D eigenvalue weighted by Crippen LogP contribution is 2.38. The molecule has 0 saturated carbocycles. The molecule has 1 aliphatic carbocycles. The van der Waals surface area contributed by atoms with Crippen molar-refractivity contribution in [3.05, 3.63) is 224 Å². The predicted molar refractivity (Wildman–Crippen MR) is 230 cm³/mol. The third-order valence-electron chi connectivity index (χ3n) is 10.6. The van der Waals surface area contributed by atoms with Crippen molar-refractivity contribution in [2.75, 3.05) is 0 Å². The Bertz CT molecular complexity index is 2630. The Hall–Kier alpha value is -6.90. The molecule has 2 atom stereocenters. The lowest BCUT2D eigenvalue weighted by molar-refractivity contribution is 0.637. The van der Waals surface area contributed by atoms with Gasteiger partial charge in [-0.1, -0.05) is 189 Å². The number of hydrogen-bond acceptors (Lipinski definition) is 2. The molecule has 0 spiro atoms. The number of rotatable bonds is 8. The first-order valence-corrected chi connectivity index (χ1v) is 19.0. The summed E-state index contributed by atoms with van der Waals surface area (Å²) in [7, 11) is 0. The van der Waals surface area contributed by atoms with Gasteiger partial charge in [0.25, 0.3) is 0 Å². The van der Waals surface area contributed by atoms with E-state index < -0.39 is 0 Å². The highest BCUT2D eigenvalue weighted by Gasteiger charge is 2.21. The van der Waals surface area contributed by atoms with E-state index >= 15 is 0 Å². The van der Waals surface area contributed by atoms with Crippen LogP contribution in [0.25, 0.3) is 72.7 Å². The smallest absolute Gasteiger partial charge is 0.0715 e. The SMILES string of the molecule is CC1C=C(c2cc(-c3cccc(-c4cc(-c5ccccc5)nc(-c5ccc(-c6ccccc6)cc5)c4)c3)cc(-c3ccccc3)n2)C=CC1c1ccccc1. The van der Waals surface area contributed by atoms with Crippen LogP contribution in [0.1, 0.15) is 24.1 Å². The van der Waals surface area contributed by atoms with Crippen LogP contribution in [0.3, 0.4) is 0 Å². The minimum absolute atomic E-state index is 0.339. The number of benzene rings is 6. The summed E-state index contributed by atoms with van der Waals surface area (Å²) in [4.78, 5) is 10.5. The molecule has 0 amide bonds. The van der Waals surface area contributed by atoms with Crippen LogP contribution in [-0.2, 0) is 0 Å². The maximum absolute atomic E-state index is 5.25. The van der Waals surface area contributed by atoms with E-state index in [9.17, 15) is 0 Å². The molecule has 55 heavy (non-hydrogen) atoms. The molecule has 8 aromatic rings. The van der Waals surface area contributed by atoms with Crippen LogP contribution in [0.5, 0.6) is 0 Å². The zero-order valence-corrected chi connectivity index (χ0v) is 30.8. The van der Waals surface area contributed by atoms with Gasteiger partial charge in [-0.2, -0.15) is 0 Å². The van der Waals surface area contributed by atoms with Crippen molar-refractivity contribution in [2.24, 2.45) is 5.92 Å². The lowest BCUT2D eigenvalue weighted by atomic mass is 9.81. The standard InChI is InChI=1S/C53H40N2/c1-37-31-46(29-30-49(37)40-17-8-3-9-18-40)53-36-48(34-51(55-53)42-21-12-5-13-22-42)45-24-14-23-44(32-45)47-33-50(41-19-10-4-11-20-41)54-52(35-47)43-27-25-39(26-28-43)38-15-6-2-7-16-38/h2-37,49H,1H3. The van der Waals surface area contributed by atoms with Crippen molar-refractivity contribution in [1.29, 1.82) is 0 Å². The molecule has 0 radical (unpaired) electrons. The third-order valence-corrected chi connectivity index (χ3v) is 10.6. The van der Waals surface area contributed by atoms with E-state index in [-0.39, 0.29) is 0 Å². The van der Waals surface area contributed by atoms with Crippen LogP contribution in [0, 0.1) is 5.92 Å². The molecule has 2 heterocycles. The quantitative estimate of drug-likeness (QED) is 0.157. The predicted octanol–water partition coefficient (Wildman–Crippen LogP) is 13.9. The monoisotopic (exact) mass is 704 g/mol. The van der Waals surface area contributed by atoms with Gasteiger partial charge in [0, 0.05) is 22.6 Å². The summed E-state index contributed by atoms with van der Waals surface area (Å²) in [6.45, 7) is 2.30. The Morgan fingerprint density at radius 1 is 0.345 bits per heavy atom. The summed E-state index contributed by atoms with van der Waals surface area (Å²) in [5.74, 6) is 0.678. The minimum atomic E-state index is 0.339. The van der Waals surface area contributed by atoms with Crippen LogP contribution in [0.15, 0.2) is 212 Å². The van der Waals surface area contributed by atoms with Crippen molar-refractivity contribution >= 4 is 5.57 Å². The molecule has 2 unspecified atom stereocenters. The van der Waals surface area contributed by atoms with E-state index in [1.165, 1.54) is 16.7 Å². The molecule has 0 fully saturated rings. The Balaban J connectivity index is 1.12. The van der Waals surface area contributed by atoms with Gasteiger partial charge in [0.05, 0.1) is 22.8 Å². The average Bonchev–Trinajstić information content (AvgIpc) is 3.27. The molecule has 2 heteroatoms. The van der Waals surface area contributed by atoms with Gasteiger partial charge in [0.2, 0.25) is 0 Å². The molecule has 2 aromatic heterocycles. The lowest BCUT2D eigenvalue weighted by Crippen LogP contribution is -2.09. The van der Waals surface area contributed by atoms with Gasteiger partial charge in [0.15, 0.2) is 0 Å². The highest BCUT2D eigenvalue weighted by molar-refractivity contribution is 5.83. The first kappa shape index (κ1) is 33.9. The van der Waals surface area contributed by atoms with Crippen LogP contribution < -0.4 is 0 Å². The van der Waals surface area contributed by atoms with Gasteiger partial charge < -0.3 is 0 Å². The number of pyridine rings is 2. The van der Waals surface area contributed by atoms with E-state index in [2.05, 4.69) is 213 Å². The largest absolute Gasteiger partial charge is 0.248 e. The summed E-state index contributed by atoms with van der Waals surface area (Å²) in [6, 6.07) is 68.8. The van der Waals surface area contributed by atoms with Crippen LogP contribution >= 0.6 is 0 Å². The van der Waals surface area contributed by atoms with E-state index in [4.69, 9.17) is 9.97 Å². The number of nitrogens with zero attached hydrogens (tertiary/aromatic N) is 2. The van der Waals surface area contributed by atoms with Crippen molar-refractivity contribution < 1.29 is 0 Å². The normalized spacial score (nSPS) is 15.0. The van der Waals surface area contributed by atoms with E-state index in [0.29, 0.717) is 11.8 Å². The average molecular weight is 705 g/mol. The molecule has 262 valence electrons. The second-order valence-electron chi connectivity index (χ2n) is 14.3. The molecule has 2 nitrogen and oxygen atoms in total. The first-order chi connectivity index (χ1) is 27.1. The number of hydrogen-bond donors (Lipinski definition) is 0. The minimum Gasteiger partial charge on any atom is -0.248 e. The fraction of sp³-hybridized carbons (Fsp3) is 0.0566. The van der Waals surface area contributed by atoms with Crippen molar-refractivity contribution in [2.45, 2.75) is 12.8 Å². The fourth-order valence-electron chi connectivity index (χ4n) is 7.63. The molecular weight excluding hydrogens is 665 g/mol. The van der Waals surface area contributed by atoms with Crippen LogP contribution in [0.4, 0.5) is 0 Å². The van der Waals surface area contributed by atoms with Gasteiger partial charge >= 0.3 is 0 Å². The Labute approximate surface area is 323 Å². The molecule has 0 aliphatic heterocycles. The van der Waals surface area contributed by atoms with Gasteiger partial charge in [-0.05, 0) is 80.8 Å². The summed E-state index contributed by atoms with van der Waals surface area (Å²) in [6.07, 6.45) is 6.98. The summed E-state index contributed by atoms with van der Waals surface area (Å²) in [5.41, 5.74) is 16.5. The highest BCUT2D eigenvalue weighted by atomic mass is 14.7. The van der Waals surface area contributed by atoms with Crippen molar-refractivity contribution in [3.63, 3.8) is 0 Å².